The second kappa shape index (κ2) is 64.5. The van der Waals surface area contributed by atoms with Crippen molar-refractivity contribution in [1.29, 1.82) is 7.82 Å². The molecule has 0 saturated carbocycles. The Balaban J connectivity index is -0.000000293. The van der Waals surface area contributed by atoms with Crippen LogP contribution in [0.4, 0.5) is 18.9 Å². The molecule has 115 heavy (non-hydrogen) atoms. The Bertz CT molecular complexity index is 3860. The molecule has 5 aromatic carbocycles. The summed E-state index contributed by atoms with van der Waals surface area (Å²) >= 11 is -3.69. The number of nitrogens with zero attached hydrogens (tertiary/aromatic N) is 5. The second-order valence-corrected chi connectivity index (χ2v) is 46.0. The maximum Gasteiger partial charge on any atom is 0.0964 e. The first-order valence-corrected chi connectivity index (χ1v) is 58.5. The van der Waals surface area contributed by atoms with Gasteiger partial charge >= 0.3 is 394 Å². The molecule has 4 heterocycles. The normalized spacial score (nSPS) is 10.8. The fourth-order valence-corrected chi connectivity index (χ4v) is 11.6. The quantitative estimate of drug-likeness (QED) is 0.0477. The van der Waals surface area contributed by atoms with Crippen molar-refractivity contribution in [2.75, 3.05) is 0 Å². The molecule has 638 valence electrons. The molecular weight excluding hydrogens is 1950 g/mol. The third kappa shape index (κ3) is 72.9. The van der Waals surface area contributed by atoms with Crippen LogP contribution < -0.4 is 0 Å². The van der Waals surface area contributed by atoms with Crippen molar-refractivity contribution in [2.45, 2.75) is 255 Å². The number of rotatable bonds is 10. The van der Waals surface area contributed by atoms with Crippen molar-refractivity contribution in [1.82, 2.24) is 19.9 Å². The van der Waals surface area contributed by atoms with Crippen molar-refractivity contribution in [3.8, 4) is 11.4 Å². The van der Waals surface area contributed by atoms with E-state index in [2.05, 4.69) is 224 Å². The molecule has 0 aliphatic carbocycles. The molecule has 0 aliphatic heterocycles. The van der Waals surface area contributed by atoms with Crippen LogP contribution in [-0.4, -0.2) is 104 Å². The maximum absolute atomic E-state index is 11.3. The number of aliphatic hydroxyl groups is 6. The fourth-order valence-electron chi connectivity index (χ4n) is 7.64. The van der Waals surface area contributed by atoms with E-state index < -0.39 is 124 Å². The Morgan fingerprint density at radius 1 is 0.357 bits per heavy atom. The first-order chi connectivity index (χ1) is 51.7. The number of hydrogen-bond acceptors (Lipinski definition) is 13. The van der Waals surface area contributed by atoms with Gasteiger partial charge in [0.2, 0.25) is 0 Å². The monoisotopic (exact) mass is 2080 g/mol. The fraction of sp³-hybridized carbons (Fsp3) is 0.443. The zero-order valence-corrected chi connectivity index (χ0v) is 88.8. The molecule has 0 spiro atoms. The van der Waals surface area contributed by atoms with Crippen molar-refractivity contribution in [3.63, 3.8) is 0 Å². The first-order valence-electron chi connectivity index (χ1n) is 36.6. The Kier molecular flexibility index (Phi) is 69.9. The SMILES string of the molecule is CC(C)(C)O.CC(C)(C)O.CC(C)(C)O.CC(C)(C)O.CC(C)(C)O.CC(C)(O)C(F)(F)F.CC(C)([CH]=[Mo]=[NH])c1ccccc1.CC(C)([CH]=[Mo]=[NH])c1ccccc1.CC(C)c1cccc(C(C)C)c1[N]=[Mo]=[CH]C(C)(C)c1ccccc1.[Ar].[Ar].[Cl][Zn][Cl].[Cl][Zn][Cl].c1ccc(-c2ccccn2)nc1.c1cnc2c(c1)ccc1cccnc12. The summed E-state index contributed by atoms with van der Waals surface area (Å²) in [4.78, 5) is 17.1. The van der Waals surface area contributed by atoms with Crippen LogP contribution >= 0.6 is 38.8 Å². The maximum atomic E-state index is 11.3. The van der Waals surface area contributed by atoms with Gasteiger partial charge in [-0.2, -0.15) is 13.2 Å². The molecule has 8 N–H and O–H groups in total. The van der Waals surface area contributed by atoms with E-state index in [0.29, 0.717) is 25.7 Å². The summed E-state index contributed by atoms with van der Waals surface area (Å²) < 4.78 is 60.4. The van der Waals surface area contributed by atoms with Crippen molar-refractivity contribution in [2.24, 2.45) is 3.50 Å². The van der Waals surface area contributed by atoms with E-state index in [9.17, 15) is 13.2 Å². The molecule has 0 fully saturated rings. The number of fused-ring (bicyclic) bond motifs is 3. The van der Waals surface area contributed by atoms with Gasteiger partial charge in [0.1, 0.15) is 0 Å². The van der Waals surface area contributed by atoms with Crippen LogP contribution in [0.15, 0.2) is 210 Å². The molecule has 0 unspecified atom stereocenters. The van der Waals surface area contributed by atoms with Gasteiger partial charge in [-0.05, 0) is 154 Å². The number of hydrogen-bond donors (Lipinski definition) is 8. The van der Waals surface area contributed by atoms with E-state index in [1.165, 1.54) is 33.5 Å². The first kappa shape index (κ1) is 125. The van der Waals surface area contributed by atoms with Crippen LogP contribution in [0, 0.1) is 83.3 Å². The van der Waals surface area contributed by atoms with Gasteiger partial charge in [0.25, 0.3) is 0 Å². The number of halogens is 7. The Morgan fingerprint density at radius 2 is 0.591 bits per heavy atom. The van der Waals surface area contributed by atoms with E-state index in [4.69, 9.17) is 80.7 Å². The van der Waals surface area contributed by atoms with Gasteiger partial charge in [0, 0.05) is 111 Å². The van der Waals surface area contributed by atoms with Gasteiger partial charge in [0.15, 0.2) is 5.60 Å². The standard InChI is InChI=1S/C12H8N2.C12H17N.C10H8N2.3C10H12.C4H7F3O.5C4H10O.2Ar.4ClH.3Mo.2HN.2Zn/c1-3-9-5-6-10-4-2-8-14-12(10)11(9)13-7-1;1-8(2)10-6-5-7-11(9(3)4)12(10)13;1-3-7-11-9(5-1)10-6-2-4-8-12-10;3*1-10(2,3)9-7-5-4-6-8-9;1-3(2,8)4(5,6)7;5*1-4(2,3)5;;;;;;;;;;;;;/h1-8H;5-9H,1-4H3;1-8H;3*1,4-8H,2-3H3;8H,1-2H3;5*5H,1-3H3;;;4*1H;;;;2*1H;;/q;;;;;;;;;;;;;;;;;;;;;;;2*+2/p-4. The molecule has 4 aromatic heterocycles. The molecule has 27 heteroatoms. The minimum absolute atomic E-state index is 0. The second-order valence-electron chi connectivity index (χ2n) is 32.9. The number of aromatic nitrogens is 4. The largest absolute Gasteiger partial charge is 0.255 e. The molecule has 9 rings (SSSR count). The average Bonchev–Trinajstić information content (AvgIpc) is 0.799. The minimum atomic E-state index is -4.51. The Hall–Kier alpha value is -1.23. The van der Waals surface area contributed by atoms with E-state index in [0.717, 1.165) is 33.2 Å². The number of alkyl halides is 3. The van der Waals surface area contributed by atoms with Crippen molar-refractivity contribution < 1.29 is 203 Å². The molecule has 13 nitrogen and oxygen atoms in total. The van der Waals surface area contributed by atoms with E-state index >= 15 is 0 Å². The molecule has 0 atom stereocenters. The van der Waals surface area contributed by atoms with Crippen LogP contribution in [-0.2, 0) is 100 Å². The molecule has 0 saturated heterocycles. The van der Waals surface area contributed by atoms with Gasteiger partial charge in [-0.25, -0.2) is 0 Å². The van der Waals surface area contributed by atoms with Crippen molar-refractivity contribution in [3.05, 3.63) is 235 Å². The molecule has 0 bridgehead atoms. The summed E-state index contributed by atoms with van der Waals surface area (Å²) in [6, 6.07) is 61.9. The van der Waals surface area contributed by atoms with Gasteiger partial charge < -0.3 is 30.6 Å². The third-order valence-electron chi connectivity index (χ3n) is 12.7. The topological polar surface area (TPSA) is 233 Å². The van der Waals surface area contributed by atoms with E-state index in [1.54, 1.807) is 129 Å². The average molecular weight is 2080 g/mol. The van der Waals surface area contributed by atoms with Crippen LogP contribution in [0.25, 0.3) is 33.2 Å². The summed E-state index contributed by atoms with van der Waals surface area (Å²) in [6.45, 7) is 49.8. The Morgan fingerprint density at radius 3 is 0.809 bits per heavy atom. The minimum Gasteiger partial charge on any atom is -0.255 e. The molecule has 0 aliphatic rings. The summed E-state index contributed by atoms with van der Waals surface area (Å²) in [7, 11) is 19.8. The van der Waals surface area contributed by atoms with Gasteiger partial charge in [-0.1, -0.05) is 36.4 Å². The zero-order chi connectivity index (χ0) is 88.3. The Labute approximate surface area is 804 Å². The van der Waals surface area contributed by atoms with Crippen LogP contribution in [0.3, 0.4) is 0 Å². The molecule has 0 amide bonds. The summed E-state index contributed by atoms with van der Waals surface area (Å²) in [5, 5.41) is 53.1. The van der Waals surface area contributed by atoms with Crippen LogP contribution in [0.1, 0.15) is 227 Å². The smallest absolute Gasteiger partial charge is 0.0964 e. The third-order valence-corrected chi connectivity index (χ3v) is 18.6. The van der Waals surface area contributed by atoms with Gasteiger partial charge in [-0.3, -0.25) is 19.9 Å². The molecular formula is C88H128Ar2Cl4F3Mo3N7O6Zn2. The van der Waals surface area contributed by atoms with Crippen LogP contribution in [0.2, 0.25) is 0 Å². The van der Waals surface area contributed by atoms with E-state index in [-0.39, 0.29) is 91.7 Å². The number of benzene rings is 5. The summed E-state index contributed by atoms with van der Waals surface area (Å²) in [5.41, 5.74) is 6.99. The summed E-state index contributed by atoms with van der Waals surface area (Å²) in [5.74, 6) is 1.02. The van der Waals surface area contributed by atoms with Gasteiger partial charge in [0.05, 0.1) is 50.4 Å². The van der Waals surface area contributed by atoms with E-state index in [1.807, 2.05) is 60.7 Å². The zero-order valence-electron chi connectivity index (χ0n) is 72.4. The van der Waals surface area contributed by atoms with Crippen molar-refractivity contribution >= 4 is 79.5 Å². The molecule has 0 radical (unpaired) electrons. The van der Waals surface area contributed by atoms with Crippen LogP contribution in [0.5, 0.6) is 0 Å². The summed E-state index contributed by atoms with van der Waals surface area (Å²) in [6.07, 6.45) is 2.63. The predicted molar refractivity (Wildman–Crippen MR) is 459 cm³/mol. The predicted octanol–water partition coefficient (Wildman–Crippen LogP) is 24.7. The number of nitrogens with one attached hydrogen (secondary N) is 2. The molecule has 9 aromatic rings. The van der Waals surface area contributed by atoms with Gasteiger partial charge in [-0.15, -0.1) is 0 Å². The number of pyridine rings is 4.